The molecule has 2 unspecified atom stereocenters. The summed E-state index contributed by atoms with van der Waals surface area (Å²) >= 11 is 0. The molecule has 0 aromatic heterocycles. The summed E-state index contributed by atoms with van der Waals surface area (Å²) in [6, 6.07) is 6.76. The first-order valence-electron chi connectivity index (χ1n) is 9.00. The van der Waals surface area contributed by atoms with Crippen molar-refractivity contribution in [1.82, 2.24) is 4.90 Å². The number of piperazine rings is 1. The van der Waals surface area contributed by atoms with E-state index in [-0.39, 0.29) is 48.1 Å². The first kappa shape index (κ1) is 24.0. The largest absolute Gasteiger partial charge is 0.378 e. The number of anilines is 1. The summed E-state index contributed by atoms with van der Waals surface area (Å²) in [7, 11) is 0. The Morgan fingerprint density at radius 2 is 1.81 bits per heavy atom. The number of hydrogen-bond acceptors (Lipinski definition) is 4. The summed E-state index contributed by atoms with van der Waals surface area (Å²) < 4.78 is 19.7. The lowest BCUT2D eigenvalue weighted by Crippen LogP contribution is -2.76. The normalized spacial score (nSPS) is 26.5. The van der Waals surface area contributed by atoms with Crippen molar-refractivity contribution >= 4 is 36.4 Å². The molecule has 2 aliphatic rings. The molecular weight excluding hydrogens is 392 g/mol. The minimum Gasteiger partial charge on any atom is -0.378 e. The highest BCUT2D eigenvalue weighted by atomic mass is 35.5. The van der Waals surface area contributed by atoms with Crippen molar-refractivity contribution in [1.29, 1.82) is 0 Å². The van der Waals surface area contributed by atoms with E-state index in [2.05, 4.69) is 0 Å². The van der Waals surface area contributed by atoms with E-state index in [9.17, 15) is 9.18 Å². The van der Waals surface area contributed by atoms with Gasteiger partial charge in [0.05, 0.1) is 11.8 Å². The van der Waals surface area contributed by atoms with Gasteiger partial charge in [-0.1, -0.05) is 26.0 Å². The third kappa shape index (κ3) is 4.04. The minimum atomic E-state index is -0.882. The molecular formula is C19H30Cl2FN3O2. The Morgan fingerprint density at radius 3 is 2.33 bits per heavy atom. The Labute approximate surface area is 173 Å². The van der Waals surface area contributed by atoms with Gasteiger partial charge in [0, 0.05) is 44.6 Å². The molecule has 1 aromatic rings. The molecule has 0 bridgehead atoms. The number of carbonyl (C=O) groups is 1. The highest BCUT2D eigenvalue weighted by Gasteiger charge is 2.63. The summed E-state index contributed by atoms with van der Waals surface area (Å²) in [6.07, 6.45) is 0.575. The smallest absolute Gasteiger partial charge is 0.243 e. The molecule has 5 nitrogen and oxygen atoms in total. The van der Waals surface area contributed by atoms with Gasteiger partial charge >= 0.3 is 0 Å². The summed E-state index contributed by atoms with van der Waals surface area (Å²) in [6.45, 7) is 8.92. The van der Waals surface area contributed by atoms with E-state index in [1.54, 1.807) is 12.1 Å². The maximum atomic E-state index is 13.9. The quantitative estimate of drug-likeness (QED) is 0.811. The molecule has 2 atom stereocenters. The zero-order chi connectivity index (χ0) is 18.2. The molecule has 1 heterocycles. The van der Waals surface area contributed by atoms with Crippen LogP contribution in [0.4, 0.5) is 10.1 Å². The van der Waals surface area contributed by atoms with Crippen molar-refractivity contribution in [2.45, 2.75) is 38.8 Å². The van der Waals surface area contributed by atoms with Crippen LogP contribution in [0.15, 0.2) is 24.3 Å². The molecule has 2 fully saturated rings. The molecule has 1 aliphatic carbocycles. The molecule has 27 heavy (non-hydrogen) atoms. The number of hydrogen-bond donors (Lipinski definition) is 1. The molecule has 0 radical (unpaired) electrons. The fraction of sp³-hybridized carbons (Fsp3) is 0.632. The lowest BCUT2D eigenvalue weighted by atomic mass is 9.54. The number of para-hydroxylation sites is 1. The Kier molecular flexibility index (Phi) is 7.94. The number of nitrogens with zero attached hydrogens (tertiary/aromatic N) is 2. The molecule has 1 aliphatic heterocycles. The van der Waals surface area contributed by atoms with Gasteiger partial charge in [-0.2, -0.15) is 0 Å². The minimum absolute atomic E-state index is 0. The van der Waals surface area contributed by atoms with E-state index in [1.807, 2.05) is 36.6 Å². The van der Waals surface area contributed by atoms with Crippen LogP contribution in [0.1, 0.15) is 27.2 Å². The lowest BCUT2D eigenvalue weighted by molar-refractivity contribution is -0.179. The number of amides is 1. The molecule has 154 valence electrons. The van der Waals surface area contributed by atoms with E-state index in [4.69, 9.17) is 10.5 Å². The van der Waals surface area contributed by atoms with Crippen LogP contribution in [-0.2, 0) is 9.53 Å². The fourth-order valence-corrected chi connectivity index (χ4v) is 3.94. The Bertz CT molecular complexity index is 654. The number of benzene rings is 1. The number of nitrogens with two attached hydrogens (primary N) is 1. The SMILES string of the molecule is CCOC1CC(N)(C(=O)N2CCN(c3ccccc3F)CC2)C1(C)C.Cl.Cl. The third-order valence-electron chi connectivity index (χ3n) is 5.97. The van der Waals surface area contributed by atoms with Crippen LogP contribution in [0.25, 0.3) is 0 Å². The van der Waals surface area contributed by atoms with Crippen LogP contribution in [0.5, 0.6) is 0 Å². The second-order valence-corrected chi connectivity index (χ2v) is 7.57. The van der Waals surface area contributed by atoms with Gasteiger partial charge in [-0.25, -0.2) is 4.39 Å². The van der Waals surface area contributed by atoms with E-state index < -0.39 is 5.54 Å². The molecule has 1 aromatic carbocycles. The Hall–Kier alpha value is -1.08. The van der Waals surface area contributed by atoms with Crippen molar-refractivity contribution in [3.8, 4) is 0 Å². The number of carbonyl (C=O) groups excluding carboxylic acids is 1. The van der Waals surface area contributed by atoms with E-state index in [0.29, 0.717) is 44.9 Å². The first-order valence-corrected chi connectivity index (χ1v) is 9.00. The predicted molar refractivity (Wildman–Crippen MR) is 110 cm³/mol. The monoisotopic (exact) mass is 421 g/mol. The van der Waals surface area contributed by atoms with Gasteiger partial charge in [-0.05, 0) is 19.1 Å². The van der Waals surface area contributed by atoms with Crippen molar-refractivity contribution in [3.63, 3.8) is 0 Å². The van der Waals surface area contributed by atoms with E-state index >= 15 is 0 Å². The molecule has 2 N–H and O–H groups in total. The van der Waals surface area contributed by atoms with Crippen molar-refractivity contribution in [3.05, 3.63) is 30.1 Å². The zero-order valence-corrected chi connectivity index (χ0v) is 17.7. The molecule has 1 saturated carbocycles. The second-order valence-electron chi connectivity index (χ2n) is 7.57. The standard InChI is InChI=1S/C19H28FN3O2.2ClH/c1-4-25-16-13-19(21,18(16,2)3)17(24)23-11-9-22(10-12-23)15-8-6-5-7-14(15)20;;/h5-8,16H,4,9-13,21H2,1-3H3;2*1H. The molecule has 8 heteroatoms. The van der Waals surface area contributed by atoms with Gasteiger partial charge < -0.3 is 20.3 Å². The summed E-state index contributed by atoms with van der Waals surface area (Å²) in [5.74, 6) is -0.237. The van der Waals surface area contributed by atoms with Gasteiger partial charge in [0.15, 0.2) is 0 Å². The maximum absolute atomic E-state index is 13.9. The summed E-state index contributed by atoms with van der Waals surface area (Å²) in [5, 5.41) is 0. The van der Waals surface area contributed by atoms with Crippen LogP contribution < -0.4 is 10.6 Å². The van der Waals surface area contributed by atoms with Crippen LogP contribution in [0.2, 0.25) is 0 Å². The van der Waals surface area contributed by atoms with Crippen molar-refractivity contribution in [2.75, 3.05) is 37.7 Å². The first-order chi connectivity index (χ1) is 11.8. The maximum Gasteiger partial charge on any atom is 0.243 e. The predicted octanol–water partition coefficient (Wildman–Crippen LogP) is 2.85. The topological polar surface area (TPSA) is 58.8 Å². The van der Waals surface area contributed by atoms with Crippen LogP contribution >= 0.6 is 24.8 Å². The summed E-state index contributed by atoms with van der Waals surface area (Å²) in [5.41, 5.74) is 5.83. The fourth-order valence-electron chi connectivity index (χ4n) is 3.94. The number of ether oxygens (including phenoxy) is 1. The van der Waals surface area contributed by atoms with Gasteiger partial charge in [-0.15, -0.1) is 24.8 Å². The highest BCUT2D eigenvalue weighted by molar-refractivity contribution is 5.89. The van der Waals surface area contributed by atoms with Crippen LogP contribution in [0.3, 0.4) is 0 Å². The van der Waals surface area contributed by atoms with Crippen LogP contribution in [0, 0.1) is 11.2 Å². The van der Waals surface area contributed by atoms with Crippen LogP contribution in [-0.4, -0.2) is 55.2 Å². The van der Waals surface area contributed by atoms with Gasteiger partial charge in [-0.3, -0.25) is 4.79 Å². The Morgan fingerprint density at radius 1 is 1.22 bits per heavy atom. The van der Waals surface area contributed by atoms with Crippen molar-refractivity contribution < 1.29 is 13.9 Å². The van der Waals surface area contributed by atoms with Crippen molar-refractivity contribution in [2.24, 2.45) is 11.1 Å². The van der Waals surface area contributed by atoms with E-state index in [0.717, 1.165) is 0 Å². The summed E-state index contributed by atoms with van der Waals surface area (Å²) in [4.78, 5) is 16.8. The lowest BCUT2D eigenvalue weighted by Gasteiger charge is -2.59. The molecule has 1 saturated heterocycles. The average Bonchev–Trinajstić information content (AvgIpc) is 2.61. The molecule has 3 rings (SSSR count). The highest BCUT2D eigenvalue weighted by Crippen LogP contribution is 2.50. The Balaban J connectivity index is 0.00000182. The average molecular weight is 422 g/mol. The second kappa shape index (κ2) is 8.95. The number of rotatable bonds is 4. The molecule has 0 spiro atoms. The van der Waals surface area contributed by atoms with Gasteiger partial charge in [0.25, 0.3) is 0 Å². The third-order valence-corrected chi connectivity index (χ3v) is 5.97. The number of halogens is 3. The van der Waals surface area contributed by atoms with Gasteiger partial charge in [0.1, 0.15) is 11.4 Å². The zero-order valence-electron chi connectivity index (χ0n) is 16.1. The van der Waals surface area contributed by atoms with Gasteiger partial charge in [0.2, 0.25) is 5.91 Å². The molecule has 1 amide bonds. The van der Waals surface area contributed by atoms with E-state index in [1.165, 1.54) is 6.07 Å².